The lowest BCUT2D eigenvalue weighted by Gasteiger charge is -2.19. The summed E-state index contributed by atoms with van der Waals surface area (Å²) in [5.41, 5.74) is 1.40. The lowest BCUT2D eigenvalue weighted by atomic mass is 10.1. The Morgan fingerprint density at radius 2 is 2.00 bits per heavy atom. The van der Waals surface area contributed by atoms with Gasteiger partial charge in [0.1, 0.15) is 12.4 Å². The fraction of sp³-hybridized carbons (Fsp3) is 0.222. The van der Waals surface area contributed by atoms with Crippen molar-refractivity contribution in [2.24, 2.45) is 0 Å². The molecular formula is C18H17N5O4. The van der Waals surface area contributed by atoms with E-state index in [1.807, 2.05) is 30.3 Å². The standard InChI is InChI=1S/C18H17N5O4/c1-13(15-8-5-9-16(11-15)23(25)26)27-18(24)17(22-12-19-20-21-22)10-14-6-3-2-4-7-14/h2-9,11-13,17H,10H2,1H3/t13-,17-/m0/s1. The van der Waals surface area contributed by atoms with Crippen molar-refractivity contribution >= 4 is 11.7 Å². The summed E-state index contributed by atoms with van der Waals surface area (Å²) < 4.78 is 6.89. The number of aromatic nitrogens is 4. The Labute approximate surface area is 154 Å². The molecule has 3 aromatic rings. The molecule has 0 N–H and O–H groups in total. The molecule has 2 aromatic carbocycles. The number of hydrogen-bond donors (Lipinski definition) is 0. The van der Waals surface area contributed by atoms with Crippen molar-refractivity contribution in [1.82, 2.24) is 20.2 Å². The largest absolute Gasteiger partial charge is 0.456 e. The Morgan fingerprint density at radius 3 is 2.67 bits per heavy atom. The Bertz CT molecular complexity index is 915. The molecular weight excluding hydrogens is 350 g/mol. The fourth-order valence-corrected chi connectivity index (χ4v) is 2.65. The van der Waals surface area contributed by atoms with Crippen molar-refractivity contribution in [1.29, 1.82) is 0 Å². The number of nitro benzene ring substituents is 1. The number of nitrogens with zero attached hydrogens (tertiary/aromatic N) is 5. The SMILES string of the molecule is C[C@H](OC(=O)[C@H](Cc1ccccc1)n1cnnn1)c1cccc([N+](=O)[O-])c1. The Morgan fingerprint density at radius 1 is 1.22 bits per heavy atom. The van der Waals surface area contributed by atoms with E-state index < -0.39 is 23.0 Å². The summed E-state index contributed by atoms with van der Waals surface area (Å²) in [7, 11) is 0. The molecule has 0 radical (unpaired) electrons. The van der Waals surface area contributed by atoms with Crippen LogP contribution in [0.1, 0.15) is 30.2 Å². The molecule has 1 aromatic heterocycles. The molecule has 9 heteroatoms. The number of hydrogen-bond acceptors (Lipinski definition) is 7. The fourth-order valence-electron chi connectivity index (χ4n) is 2.65. The molecule has 138 valence electrons. The van der Waals surface area contributed by atoms with Gasteiger partial charge in [-0.25, -0.2) is 9.48 Å². The van der Waals surface area contributed by atoms with Gasteiger partial charge in [-0.15, -0.1) is 5.10 Å². The number of tetrazole rings is 1. The van der Waals surface area contributed by atoms with Crippen molar-refractivity contribution in [3.63, 3.8) is 0 Å². The molecule has 0 aliphatic rings. The molecule has 0 bridgehead atoms. The molecule has 0 fully saturated rings. The summed E-state index contributed by atoms with van der Waals surface area (Å²) in [5, 5.41) is 21.9. The lowest BCUT2D eigenvalue weighted by Crippen LogP contribution is -2.25. The number of esters is 1. The van der Waals surface area contributed by atoms with Gasteiger partial charge in [0.2, 0.25) is 0 Å². The molecule has 9 nitrogen and oxygen atoms in total. The van der Waals surface area contributed by atoms with Crippen LogP contribution in [0.3, 0.4) is 0 Å². The minimum absolute atomic E-state index is 0.0586. The number of ether oxygens (including phenoxy) is 1. The molecule has 0 saturated heterocycles. The van der Waals surface area contributed by atoms with E-state index in [4.69, 9.17) is 4.74 Å². The normalized spacial score (nSPS) is 12.9. The van der Waals surface area contributed by atoms with E-state index >= 15 is 0 Å². The number of nitro groups is 1. The van der Waals surface area contributed by atoms with Gasteiger partial charge < -0.3 is 4.74 Å². The van der Waals surface area contributed by atoms with Crippen molar-refractivity contribution in [2.45, 2.75) is 25.5 Å². The van der Waals surface area contributed by atoms with Crippen LogP contribution in [0.15, 0.2) is 60.9 Å². The average molecular weight is 367 g/mol. The van der Waals surface area contributed by atoms with Crippen molar-refractivity contribution < 1.29 is 14.5 Å². The maximum absolute atomic E-state index is 12.8. The molecule has 0 aliphatic carbocycles. The average Bonchev–Trinajstić information content (AvgIpc) is 3.21. The monoisotopic (exact) mass is 367 g/mol. The summed E-state index contributed by atoms with van der Waals surface area (Å²) in [5.74, 6) is -0.523. The van der Waals surface area contributed by atoms with Gasteiger partial charge in [-0.3, -0.25) is 10.1 Å². The van der Waals surface area contributed by atoms with Gasteiger partial charge in [0.15, 0.2) is 6.04 Å². The molecule has 2 atom stereocenters. The third-order valence-corrected chi connectivity index (χ3v) is 4.07. The molecule has 0 aliphatic heterocycles. The van der Waals surface area contributed by atoms with Crippen LogP contribution in [0.25, 0.3) is 0 Å². The van der Waals surface area contributed by atoms with Crippen LogP contribution in [0.5, 0.6) is 0 Å². The van der Waals surface area contributed by atoms with Crippen LogP contribution in [0, 0.1) is 10.1 Å². The van der Waals surface area contributed by atoms with Crippen LogP contribution in [0.2, 0.25) is 0 Å². The molecule has 3 rings (SSSR count). The first-order valence-corrected chi connectivity index (χ1v) is 8.26. The maximum Gasteiger partial charge on any atom is 0.332 e. The number of non-ortho nitro benzene ring substituents is 1. The van der Waals surface area contributed by atoms with E-state index in [9.17, 15) is 14.9 Å². The highest BCUT2D eigenvalue weighted by atomic mass is 16.6. The van der Waals surface area contributed by atoms with Gasteiger partial charge in [0.25, 0.3) is 5.69 Å². The minimum atomic E-state index is -0.747. The molecule has 0 unspecified atom stereocenters. The van der Waals surface area contributed by atoms with Crippen LogP contribution in [0.4, 0.5) is 5.69 Å². The summed E-state index contributed by atoms with van der Waals surface area (Å²) in [6.07, 6.45) is 1.05. The van der Waals surface area contributed by atoms with Crippen LogP contribution >= 0.6 is 0 Å². The maximum atomic E-state index is 12.8. The van der Waals surface area contributed by atoms with Crippen molar-refractivity contribution in [2.75, 3.05) is 0 Å². The summed E-state index contributed by atoms with van der Waals surface area (Å²) >= 11 is 0. The van der Waals surface area contributed by atoms with Crippen molar-refractivity contribution in [3.8, 4) is 0 Å². The first-order chi connectivity index (χ1) is 13.0. The Balaban J connectivity index is 1.78. The highest BCUT2D eigenvalue weighted by Crippen LogP contribution is 2.24. The van der Waals surface area contributed by atoms with E-state index in [-0.39, 0.29) is 5.69 Å². The molecule has 0 spiro atoms. The van der Waals surface area contributed by atoms with Crippen LogP contribution < -0.4 is 0 Å². The van der Waals surface area contributed by atoms with E-state index in [1.54, 1.807) is 19.1 Å². The van der Waals surface area contributed by atoms with Gasteiger partial charge in [-0.1, -0.05) is 42.5 Å². The molecule has 0 amide bonds. The quantitative estimate of drug-likeness (QED) is 0.358. The van der Waals surface area contributed by atoms with Gasteiger partial charge in [-0.05, 0) is 28.5 Å². The predicted molar refractivity (Wildman–Crippen MR) is 94.6 cm³/mol. The Kier molecular flexibility index (Phi) is 5.50. The summed E-state index contributed by atoms with van der Waals surface area (Å²) in [6, 6.07) is 14.7. The molecule has 1 heterocycles. The predicted octanol–water partition coefficient (Wildman–Crippen LogP) is 2.67. The van der Waals surface area contributed by atoms with Crippen molar-refractivity contribution in [3.05, 3.63) is 82.2 Å². The summed E-state index contributed by atoms with van der Waals surface area (Å²) in [6.45, 7) is 1.66. The summed E-state index contributed by atoms with van der Waals surface area (Å²) in [4.78, 5) is 23.2. The van der Waals surface area contributed by atoms with Gasteiger partial charge in [0.05, 0.1) is 4.92 Å². The van der Waals surface area contributed by atoms with E-state index in [2.05, 4.69) is 15.5 Å². The van der Waals surface area contributed by atoms with Gasteiger partial charge in [-0.2, -0.15) is 0 Å². The molecule has 0 saturated carbocycles. The highest BCUT2D eigenvalue weighted by Gasteiger charge is 2.26. The number of rotatable bonds is 7. The zero-order valence-corrected chi connectivity index (χ0v) is 14.5. The van der Waals surface area contributed by atoms with Gasteiger partial charge in [0, 0.05) is 18.6 Å². The third-order valence-electron chi connectivity index (χ3n) is 4.07. The van der Waals surface area contributed by atoms with E-state index in [0.29, 0.717) is 12.0 Å². The van der Waals surface area contributed by atoms with Crippen LogP contribution in [-0.2, 0) is 16.0 Å². The second-order valence-corrected chi connectivity index (χ2v) is 5.93. The third kappa shape index (κ3) is 4.51. The lowest BCUT2D eigenvalue weighted by molar-refractivity contribution is -0.385. The second-order valence-electron chi connectivity index (χ2n) is 5.93. The number of benzene rings is 2. The first kappa shape index (κ1) is 18.2. The van der Waals surface area contributed by atoms with E-state index in [0.717, 1.165) is 5.56 Å². The highest BCUT2D eigenvalue weighted by molar-refractivity contribution is 5.74. The van der Waals surface area contributed by atoms with Gasteiger partial charge >= 0.3 is 5.97 Å². The zero-order chi connectivity index (χ0) is 19.2. The zero-order valence-electron chi connectivity index (χ0n) is 14.5. The molecule has 27 heavy (non-hydrogen) atoms. The topological polar surface area (TPSA) is 113 Å². The van der Waals surface area contributed by atoms with Crippen LogP contribution in [-0.4, -0.2) is 31.1 Å². The number of carbonyl (C=O) groups excluding carboxylic acids is 1. The minimum Gasteiger partial charge on any atom is -0.456 e. The van der Waals surface area contributed by atoms with E-state index in [1.165, 1.54) is 23.1 Å². The Hall–Kier alpha value is -3.62. The smallest absolute Gasteiger partial charge is 0.332 e. The first-order valence-electron chi connectivity index (χ1n) is 8.26. The number of carbonyl (C=O) groups is 1. The second kappa shape index (κ2) is 8.17.